The molecule has 7 heteroatoms. The largest absolute Gasteiger partial charge is 0.481 e. The number of carbonyl (C=O) groups is 3. The number of esters is 1. The summed E-state index contributed by atoms with van der Waals surface area (Å²) in [5.41, 5.74) is 6.29. The molecule has 1 aromatic rings. The lowest BCUT2D eigenvalue weighted by atomic mass is 10.1. The van der Waals surface area contributed by atoms with Gasteiger partial charge in [-0.1, -0.05) is 44.2 Å². The molecule has 1 aromatic carbocycles. The smallest absolute Gasteiger partial charge is 0.328 e. The van der Waals surface area contributed by atoms with Crippen LogP contribution < -0.4 is 11.1 Å². The molecule has 0 aliphatic rings. The van der Waals surface area contributed by atoms with Crippen LogP contribution in [0.15, 0.2) is 30.3 Å². The van der Waals surface area contributed by atoms with Crippen LogP contribution in [0.2, 0.25) is 0 Å². The van der Waals surface area contributed by atoms with Gasteiger partial charge in [0.05, 0.1) is 19.6 Å². The first-order chi connectivity index (χ1) is 10.9. The molecule has 0 aromatic heterocycles. The fourth-order valence-electron chi connectivity index (χ4n) is 1.74. The van der Waals surface area contributed by atoms with E-state index >= 15 is 0 Å². The number of rotatable bonds is 7. The van der Waals surface area contributed by atoms with Crippen molar-refractivity contribution in [2.75, 3.05) is 7.11 Å². The van der Waals surface area contributed by atoms with E-state index in [1.165, 1.54) is 7.11 Å². The summed E-state index contributed by atoms with van der Waals surface area (Å²) < 4.78 is 4.64. The van der Waals surface area contributed by atoms with Crippen molar-refractivity contribution in [1.82, 2.24) is 5.32 Å². The van der Waals surface area contributed by atoms with Crippen LogP contribution in [0.4, 0.5) is 0 Å². The van der Waals surface area contributed by atoms with Crippen molar-refractivity contribution in [2.24, 2.45) is 5.73 Å². The molecule has 0 aliphatic carbocycles. The van der Waals surface area contributed by atoms with Crippen molar-refractivity contribution in [3.8, 4) is 0 Å². The van der Waals surface area contributed by atoms with E-state index in [2.05, 4.69) is 10.1 Å². The Morgan fingerprint density at radius 2 is 1.78 bits per heavy atom. The highest BCUT2D eigenvalue weighted by Gasteiger charge is 2.25. The first kappa shape index (κ1) is 20.6. The van der Waals surface area contributed by atoms with Crippen molar-refractivity contribution in [3.05, 3.63) is 35.9 Å². The van der Waals surface area contributed by atoms with E-state index in [4.69, 9.17) is 10.8 Å². The fourth-order valence-corrected chi connectivity index (χ4v) is 1.74. The quantitative estimate of drug-likeness (QED) is 0.636. The van der Waals surface area contributed by atoms with Gasteiger partial charge >= 0.3 is 11.9 Å². The molecular formula is C16H24N2O5. The van der Waals surface area contributed by atoms with E-state index in [0.29, 0.717) is 0 Å². The minimum absolute atomic E-state index is 0.235. The molecule has 1 rings (SSSR count). The second-order valence-corrected chi connectivity index (χ2v) is 4.48. The van der Waals surface area contributed by atoms with Gasteiger partial charge < -0.3 is 20.9 Å². The summed E-state index contributed by atoms with van der Waals surface area (Å²) in [6.45, 7) is 4.00. The highest BCUT2D eigenvalue weighted by atomic mass is 16.5. The first-order valence-corrected chi connectivity index (χ1v) is 7.33. The molecule has 1 unspecified atom stereocenters. The Hall–Kier alpha value is -2.41. The SMILES string of the molecule is CC.COC(=O)[C@H](Cc1ccccc1)NC(=O)C(N)CC(=O)O. The minimum Gasteiger partial charge on any atom is -0.481 e. The third-order valence-electron chi connectivity index (χ3n) is 2.82. The van der Waals surface area contributed by atoms with Crippen LogP contribution in [0, 0.1) is 0 Å². The van der Waals surface area contributed by atoms with Gasteiger partial charge in [-0.2, -0.15) is 0 Å². The first-order valence-electron chi connectivity index (χ1n) is 7.33. The fraction of sp³-hybridized carbons (Fsp3) is 0.438. The normalized spacial score (nSPS) is 12.2. The topological polar surface area (TPSA) is 119 Å². The zero-order valence-corrected chi connectivity index (χ0v) is 13.6. The Kier molecular flexibility index (Phi) is 10.0. The Labute approximate surface area is 135 Å². The van der Waals surface area contributed by atoms with E-state index in [1.807, 2.05) is 32.0 Å². The number of carboxylic acid groups (broad SMARTS) is 1. The molecule has 0 saturated carbocycles. The highest BCUT2D eigenvalue weighted by Crippen LogP contribution is 2.05. The predicted molar refractivity (Wildman–Crippen MR) is 85.7 cm³/mol. The van der Waals surface area contributed by atoms with Crippen molar-refractivity contribution < 1.29 is 24.2 Å². The predicted octanol–water partition coefficient (Wildman–Crippen LogP) is 0.715. The number of carbonyl (C=O) groups excluding carboxylic acids is 2. The number of ether oxygens (including phenoxy) is 1. The number of benzene rings is 1. The molecule has 23 heavy (non-hydrogen) atoms. The van der Waals surface area contributed by atoms with Crippen molar-refractivity contribution in [3.63, 3.8) is 0 Å². The third kappa shape index (κ3) is 7.96. The number of methoxy groups -OCH3 is 1. The van der Waals surface area contributed by atoms with Gasteiger partial charge in [0.25, 0.3) is 0 Å². The second-order valence-electron chi connectivity index (χ2n) is 4.48. The molecule has 7 nitrogen and oxygen atoms in total. The zero-order chi connectivity index (χ0) is 17.8. The zero-order valence-electron chi connectivity index (χ0n) is 13.6. The number of nitrogens with one attached hydrogen (secondary N) is 1. The highest BCUT2D eigenvalue weighted by molar-refractivity contribution is 5.89. The maximum Gasteiger partial charge on any atom is 0.328 e. The van der Waals surface area contributed by atoms with Gasteiger partial charge in [0.2, 0.25) is 5.91 Å². The molecule has 4 N–H and O–H groups in total. The molecule has 0 aliphatic heterocycles. The summed E-state index contributed by atoms with van der Waals surface area (Å²) >= 11 is 0. The van der Waals surface area contributed by atoms with E-state index in [-0.39, 0.29) is 6.42 Å². The molecule has 0 bridgehead atoms. The van der Waals surface area contributed by atoms with Crippen molar-refractivity contribution >= 4 is 17.8 Å². The van der Waals surface area contributed by atoms with Crippen molar-refractivity contribution in [1.29, 1.82) is 0 Å². The summed E-state index contributed by atoms with van der Waals surface area (Å²) in [5, 5.41) is 11.0. The average molecular weight is 324 g/mol. The van der Waals surface area contributed by atoms with Crippen LogP contribution in [0.25, 0.3) is 0 Å². The minimum atomic E-state index is -1.22. The van der Waals surface area contributed by atoms with Gasteiger partial charge in [-0.3, -0.25) is 9.59 Å². The van der Waals surface area contributed by atoms with Gasteiger partial charge in [-0.05, 0) is 5.56 Å². The van der Waals surface area contributed by atoms with Gasteiger partial charge in [0, 0.05) is 6.42 Å². The summed E-state index contributed by atoms with van der Waals surface area (Å²) in [7, 11) is 1.21. The number of hydrogen-bond donors (Lipinski definition) is 3. The van der Waals surface area contributed by atoms with Crippen LogP contribution in [-0.2, 0) is 25.5 Å². The standard InChI is InChI=1S/C14H18N2O5.C2H6/c1-21-14(20)11(7-9-5-3-2-4-6-9)16-13(19)10(15)8-12(17)18;1-2/h2-6,10-11H,7-8,15H2,1H3,(H,16,19)(H,17,18);1-2H3/t10?,11-;/m0./s1. The van der Waals surface area contributed by atoms with Crippen molar-refractivity contribution in [2.45, 2.75) is 38.8 Å². The Balaban J connectivity index is 0.00000232. The lowest BCUT2D eigenvalue weighted by Crippen LogP contribution is -2.50. The lowest BCUT2D eigenvalue weighted by molar-refractivity contribution is -0.145. The molecule has 1 amide bonds. The Morgan fingerprint density at radius 1 is 1.22 bits per heavy atom. The van der Waals surface area contributed by atoms with Gasteiger partial charge in [-0.25, -0.2) is 4.79 Å². The summed E-state index contributed by atoms with van der Waals surface area (Å²) in [6.07, 6.45) is -0.274. The van der Waals surface area contributed by atoms with E-state index in [0.717, 1.165) is 5.56 Å². The maximum absolute atomic E-state index is 11.8. The molecule has 0 fully saturated rings. The summed E-state index contributed by atoms with van der Waals surface area (Å²) in [5.74, 6) is -2.51. The number of nitrogens with two attached hydrogens (primary N) is 1. The molecule has 0 radical (unpaired) electrons. The number of hydrogen-bond acceptors (Lipinski definition) is 5. The van der Waals surface area contributed by atoms with E-state index < -0.39 is 36.4 Å². The van der Waals surface area contributed by atoms with Crippen LogP contribution in [-0.4, -0.2) is 42.1 Å². The number of amides is 1. The monoisotopic (exact) mass is 324 g/mol. The van der Waals surface area contributed by atoms with E-state index in [1.54, 1.807) is 12.1 Å². The third-order valence-corrected chi connectivity index (χ3v) is 2.82. The molecule has 2 atom stereocenters. The number of aliphatic carboxylic acids is 1. The van der Waals surface area contributed by atoms with Crippen LogP contribution in [0.1, 0.15) is 25.8 Å². The molecule has 128 valence electrons. The molecular weight excluding hydrogens is 300 g/mol. The Morgan fingerprint density at radius 3 is 2.26 bits per heavy atom. The van der Waals surface area contributed by atoms with Gasteiger partial charge in [0.1, 0.15) is 6.04 Å². The van der Waals surface area contributed by atoms with Crippen LogP contribution >= 0.6 is 0 Å². The molecule has 0 heterocycles. The van der Waals surface area contributed by atoms with E-state index in [9.17, 15) is 14.4 Å². The summed E-state index contributed by atoms with van der Waals surface area (Å²) in [6, 6.07) is 6.93. The average Bonchev–Trinajstić information content (AvgIpc) is 2.55. The lowest BCUT2D eigenvalue weighted by Gasteiger charge is -2.18. The van der Waals surface area contributed by atoms with Gasteiger partial charge in [0.15, 0.2) is 0 Å². The summed E-state index contributed by atoms with van der Waals surface area (Å²) in [4.78, 5) is 34.0. The van der Waals surface area contributed by atoms with Crippen LogP contribution in [0.5, 0.6) is 0 Å². The Bertz CT molecular complexity index is 504. The molecule has 0 spiro atoms. The maximum atomic E-state index is 11.8. The number of carboxylic acids is 1. The van der Waals surface area contributed by atoms with Crippen LogP contribution in [0.3, 0.4) is 0 Å². The molecule has 0 saturated heterocycles. The van der Waals surface area contributed by atoms with Gasteiger partial charge in [-0.15, -0.1) is 0 Å². The second kappa shape index (κ2) is 11.2.